The molecule has 0 saturated carbocycles. The average Bonchev–Trinajstić information content (AvgIpc) is 2.70. The molecule has 1 aliphatic heterocycles. The molecule has 1 fully saturated rings. The highest BCUT2D eigenvalue weighted by molar-refractivity contribution is 7.92. The molecule has 31 heavy (non-hydrogen) atoms. The lowest BCUT2D eigenvalue weighted by Gasteiger charge is -2.39. The first-order valence-electron chi connectivity index (χ1n) is 10.5. The van der Waals surface area contributed by atoms with E-state index in [9.17, 15) is 17.6 Å². The molecule has 2 aromatic rings. The summed E-state index contributed by atoms with van der Waals surface area (Å²) in [5.74, 6) is -0.507. The number of halogens is 1. The van der Waals surface area contributed by atoms with Gasteiger partial charge in [-0.25, -0.2) is 12.8 Å². The van der Waals surface area contributed by atoms with E-state index in [0.717, 1.165) is 17.4 Å². The number of carbonyl (C=O) groups excluding carboxylic acids is 1. The summed E-state index contributed by atoms with van der Waals surface area (Å²) in [6, 6.07) is 11.3. The van der Waals surface area contributed by atoms with E-state index in [0.29, 0.717) is 44.0 Å². The van der Waals surface area contributed by atoms with Crippen molar-refractivity contribution in [3.8, 4) is 0 Å². The molecule has 1 saturated heterocycles. The quantitative estimate of drug-likeness (QED) is 0.682. The van der Waals surface area contributed by atoms with Crippen molar-refractivity contribution in [3.05, 3.63) is 59.4 Å². The number of sulfonamides is 1. The van der Waals surface area contributed by atoms with Crippen LogP contribution in [-0.2, 0) is 14.8 Å². The molecular formula is C23H30FN3O3S. The lowest BCUT2D eigenvalue weighted by Crippen LogP contribution is -2.56. The van der Waals surface area contributed by atoms with Crippen LogP contribution in [0.4, 0.5) is 15.8 Å². The van der Waals surface area contributed by atoms with E-state index >= 15 is 0 Å². The summed E-state index contributed by atoms with van der Waals surface area (Å²) in [5.41, 5.74) is 2.90. The van der Waals surface area contributed by atoms with Crippen LogP contribution in [0.2, 0.25) is 0 Å². The normalized spacial score (nSPS) is 15.6. The second kappa shape index (κ2) is 9.26. The third kappa shape index (κ3) is 5.18. The first kappa shape index (κ1) is 23.1. The number of rotatable bonds is 6. The number of para-hydroxylation sites is 1. The smallest absolute Gasteiger partial charge is 0.246 e. The van der Waals surface area contributed by atoms with Crippen LogP contribution < -0.4 is 9.21 Å². The molecule has 1 amide bonds. The maximum absolute atomic E-state index is 14.1. The van der Waals surface area contributed by atoms with Crippen LogP contribution in [0, 0.1) is 19.7 Å². The van der Waals surface area contributed by atoms with Gasteiger partial charge in [0.25, 0.3) is 0 Å². The highest BCUT2D eigenvalue weighted by atomic mass is 32.2. The number of aryl methyl sites for hydroxylation is 2. The van der Waals surface area contributed by atoms with Crippen LogP contribution in [-0.4, -0.2) is 57.7 Å². The number of benzene rings is 2. The number of nitrogens with zero attached hydrogens (tertiary/aromatic N) is 3. The van der Waals surface area contributed by atoms with Crippen molar-refractivity contribution in [2.45, 2.75) is 33.2 Å². The standard InChI is InChI=1S/C23H30FN3O3S/c1-5-21(27(31(4,29)30)19-15-17(2)14-18(3)16-19)23(28)26-12-10-25(11-13-26)22-9-7-6-8-20(22)24/h6-9,14-16,21H,5,10-13H2,1-4H3/t21-/m0/s1. The molecule has 1 aliphatic rings. The van der Waals surface area contributed by atoms with Gasteiger partial charge in [0.15, 0.2) is 0 Å². The summed E-state index contributed by atoms with van der Waals surface area (Å²) in [6.45, 7) is 7.43. The number of hydrogen-bond acceptors (Lipinski definition) is 4. The van der Waals surface area contributed by atoms with Gasteiger partial charge in [-0.3, -0.25) is 9.10 Å². The molecule has 0 bridgehead atoms. The Bertz CT molecular complexity index is 1030. The Morgan fingerprint density at radius 3 is 2.16 bits per heavy atom. The van der Waals surface area contributed by atoms with Gasteiger partial charge in [-0.15, -0.1) is 0 Å². The summed E-state index contributed by atoms with van der Waals surface area (Å²) in [4.78, 5) is 17.0. The van der Waals surface area contributed by atoms with Crippen LogP contribution >= 0.6 is 0 Å². The topological polar surface area (TPSA) is 60.9 Å². The molecule has 1 heterocycles. The molecule has 0 aromatic heterocycles. The average molecular weight is 448 g/mol. The van der Waals surface area contributed by atoms with Crippen LogP contribution in [0.25, 0.3) is 0 Å². The lowest BCUT2D eigenvalue weighted by molar-refractivity contribution is -0.132. The lowest BCUT2D eigenvalue weighted by atomic mass is 10.1. The van der Waals surface area contributed by atoms with E-state index < -0.39 is 16.1 Å². The number of piperazine rings is 1. The zero-order valence-electron chi connectivity index (χ0n) is 18.5. The van der Waals surface area contributed by atoms with Crippen molar-refractivity contribution >= 4 is 27.3 Å². The SMILES string of the molecule is CC[C@@H](C(=O)N1CCN(c2ccccc2F)CC1)N(c1cc(C)cc(C)c1)S(C)(=O)=O. The first-order chi connectivity index (χ1) is 14.6. The largest absolute Gasteiger partial charge is 0.366 e. The Morgan fingerprint density at radius 1 is 1.06 bits per heavy atom. The van der Waals surface area contributed by atoms with E-state index in [1.54, 1.807) is 35.2 Å². The first-order valence-corrected chi connectivity index (χ1v) is 12.3. The molecule has 8 heteroatoms. The van der Waals surface area contributed by atoms with Gasteiger partial charge in [0.2, 0.25) is 15.9 Å². The molecule has 1 atom stereocenters. The highest BCUT2D eigenvalue weighted by Crippen LogP contribution is 2.27. The fraction of sp³-hybridized carbons (Fsp3) is 0.435. The molecular weight excluding hydrogens is 417 g/mol. The zero-order valence-corrected chi connectivity index (χ0v) is 19.3. The fourth-order valence-electron chi connectivity index (χ4n) is 4.21. The van der Waals surface area contributed by atoms with Gasteiger partial charge in [0.1, 0.15) is 11.9 Å². The molecule has 0 unspecified atom stereocenters. The van der Waals surface area contributed by atoms with Crippen molar-refractivity contribution in [1.29, 1.82) is 0 Å². The maximum atomic E-state index is 14.1. The van der Waals surface area contributed by atoms with E-state index in [2.05, 4.69) is 0 Å². The van der Waals surface area contributed by atoms with Crippen molar-refractivity contribution in [1.82, 2.24) is 4.90 Å². The molecule has 0 radical (unpaired) electrons. The van der Waals surface area contributed by atoms with Gasteiger partial charge in [0.05, 0.1) is 17.6 Å². The monoisotopic (exact) mass is 447 g/mol. The van der Waals surface area contributed by atoms with Gasteiger partial charge in [0, 0.05) is 26.2 Å². The minimum absolute atomic E-state index is 0.222. The van der Waals surface area contributed by atoms with E-state index in [1.165, 1.54) is 10.4 Å². The van der Waals surface area contributed by atoms with Crippen molar-refractivity contribution in [3.63, 3.8) is 0 Å². The summed E-state index contributed by atoms with van der Waals surface area (Å²) in [7, 11) is -3.68. The summed E-state index contributed by atoms with van der Waals surface area (Å²) in [5, 5.41) is 0. The second-order valence-electron chi connectivity index (χ2n) is 8.09. The van der Waals surface area contributed by atoms with Crippen molar-refractivity contribution in [2.24, 2.45) is 0 Å². The molecule has 0 aliphatic carbocycles. The number of carbonyl (C=O) groups is 1. The highest BCUT2D eigenvalue weighted by Gasteiger charge is 2.35. The minimum Gasteiger partial charge on any atom is -0.366 e. The summed E-state index contributed by atoms with van der Waals surface area (Å²) < 4.78 is 40.8. The van der Waals surface area contributed by atoms with Gasteiger partial charge in [-0.05, 0) is 55.7 Å². The Labute approximate surface area is 184 Å². The molecule has 3 rings (SSSR count). The summed E-state index contributed by atoms with van der Waals surface area (Å²) >= 11 is 0. The number of anilines is 2. The third-order valence-electron chi connectivity index (χ3n) is 5.56. The van der Waals surface area contributed by atoms with E-state index in [-0.39, 0.29) is 11.7 Å². The zero-order chi connectivity index (χ0) is 22.8. The fourth-order valence-corrected chi connectivity index (χ4v) is 5.40. The van der Waals surface area contributed by atoms with Gasteiger partial charge >= 0.3 is 0 Å². The Balaban J connectivity index is 1.82. The minimum atomic E-state index is -3.68. The maximum Gasteiger partial charge on any atom is 0.246 e. The summed E-state index contributed by atoms with van der Waals surface area (Å²) in [6.07, 6.45) is 1.49. The molecule has 0 spiro atoms. The number of hydrogen-bond donors (Lipinski definition) is 0. The molecule has 168 valence electrons. The molecule has 6 nitrogen and oxygen atoms in total. The van der Waals surface area contributed by atoms with Crippen molar-refractivity contribution < 1.29 is 17.6 Å². The van der Waals surface area contributed by atoms with Crippen molar-refractivity contribution in [2.75, 3.05) is 41.6 Å². The number of amides is 1. The Morgan fingerprint density at radius 2 is 1.65 bits per heavy atom. The van der Waals surface area contributed by atoms with E-state index in [4.69, 9.17) is 0 Å². The van der Waals surface area contributed by atoms with Crippen LogP contribution in [0.5, 0.6) is 0 Å². The predicted molar refractivity (Wildman–Crippen MR) is 123 cm³/mol. The molecule has 2 aromatic carbocycles. The van der Waals surface area contributed by atoms with Gasteiger partial charge in [-0.1, -0.05) is 25.1 Å². The van der Waals surface area contributed by atoms with Crippen LogP contribution in [0.15, 0.2) is 42.5 Å². The van der Waals surface area contributed by atoms with E-state index in [1.807, 2.05) is 31.7 Å². The Kier molecular flexibility index (Phi) is 6.89. The molecule has 0 N–H and O–H groups in total. The Hall–Kier alpha value is -2.61. The van der Waals surface area contributed by atoms with Gasteiger partial charge in [-0.2, -0.15) is 0 Å². The van der Waals surface area contributed by atoms with Crippen LogP contribution in [0.3, 0.4) is 0 Å². The van der Waals surface area contributed by atoms with Crippen LogP contribution in [0.1, 0.15) is 24.5 Å². The predicted octanol–water partition coefficient (Wildman–Crippen LogP) is 3.34. The van der Waals surface area contributed by atoms with Gasteiger partial charge < -0.3 is 9.80 Å². The second-order valence-corrected chi connectivity index (χ2v) is 9.95. The third-order valence-corrected chi connectivity index (χ3v) is 6.74.